The smallest absolute Gasteiger partial charge is 0.210 e. The lowest BCUT2D eigenvalue weighted by molar-refractivity contribution is 1.01. The van der Waals surface area contributed by atoms with Crippen LogP contribution in [0.4, 0.5) is 10.8 Å². The SMILES string of the molecule is Cc1ccc(CSc2nnc(Nc3ccc(Cl)cc3)s2)cc1. The Morgan fingerprint density at radius 2 is 1.77 bits per heavy atom. The van der Waals surface area contributed by atoms with Gasteiger partial charge in [0.15, 0.2) is 4.34 Å². The van der Waals surface area contributed by atoms with Gasteiger partial charge in [0, 0.05) is 16.5 Å². The van der Waals surface area contributed by atoms with Crippen LogP contribution >= 0.6 is 34.7 Å². The molecular formula is C16H14ClN3S2. The molecule has 1 N–H and O–H groups in total. The number of benzene rings is 2. The van der Waals surface area contributed by atoms with Gasteiger partial charge >= 0.3 is 0 Å². The van der Waals surface area contributed by atoms with Gasteiger partial charge in [-0.05, 0) is 36.8 Å². The Morgan fingerprint density at radius 1 is 1.05 bits per heavy atom. The number of anilines is 2. The summed E-state index contributed by atoms with van der Waals surface area (Å²) in [7, 11) is 0. The molecule has 0 bridgehead atoms. The molecule has 0 unspecified atom stereocenters. The fourth-order valence-corrected chi connectivity index (χ4v) is 3.66. The average Bonchev–Trinajstić information content (AvgIpc) is 2.97. The topological polar surface area (TPSA) is 37.8 Å². The van der Waals surface area contributed by atoms with Crippen LogP contribution in [0.5, 0.6) is 0 Å². The summed E-state index contributed by atoms with van der Waals surface area (Å²) in [6.45, 7) is 2.09. The molecule has 0 aliphatic rings. The first-order valence-electron chi connectivity index (χ1n) is 6.73. The molecule has 0 saturated heterocycles. The highest BCUT2D eigenvalue weighted by Gasteiger charge is 2.05. The predicted octanol–water partition coefficient (Wildman–Crippen LogP) is 5.54. The number of hydrogen-bond donors (Lipinski definition) is 1. The third kappa shape index (κ3) is 4.22. The van der Waals surface area contributed by atoms with E-state index in [9.17, 15) is 0 Å². The predicted molar refractivity (Wildman–Crippen MR) is 95.4 cm³/mol. The molecule has 0 atom stereocenters. The summed E-state index contributed by atoms with van der Waals surface area (Å²) in [5.41, 5.74) is 3.52. The summed E-state index contributed by atoms with van der Waals surface area (Å²) in [5, 5.41) is 13.1. The van der Waals surface area contributed by atoms with E-state index in [0.717, 1.165) is 25.9 Å². The molecule has 6 heteroatoms. The van der Waals surface area contributed by atoms with E-state index in [1.165, 1.54) is 11.1 Å². The largest absolute Gasteiger partial charge is 0.330 e. The van der Waals surface area contributed by atoms with Crippen molar-refractivity contribution in [3.05, 3.63) is 64.7 Å². The van der Waals surface area contributed by atoms with E-state index in [1.54, 1.807) is 23.1 Å². The monoisotopic (exact) mass is 347 g/mol. The summed E-state index contributed by atoms with van der Waals surface area (Å²) >= 11 is 9.12. The van der Waals surface area contributed by atoms with Crippen LogP contribution in [0.1, 0.15) is 11.1 Å². The fraction of sp³-hybridized carbons (Fsp3) is 0.125. The number of nitrogens with zero attached hydrogens (tertiary/aromatic N) is 2. The molecule has 0 radical (unpaired) electrons. The first-order chi connectivity index (χ1) is 10.7. The van der Waals surface area contributed by atoms with E-state index in [1.807, 2.05) is 24.3 Å². The Morgan fingerprint density at radius 3 is 2.50 bits per heavy atom. The molecule has 1 heterocycles. The van der Waals surface area contributed by atoms with Crippen molar-refractivity contribution in [2.24, 2.45) is 0 Å². The van der Waals surface area contributed by atoms with Crippen molar-refractivity contribution in [3.63, 3.8) is 0 Å². The summed E-state index contributed by atoms with van der Waals surface area (Å²) in [6, 6.07) is 16.1. The first kappa shape index (κ1) is 15.3. The van der Waals surface area contributed by atoms with E-state index in [2.05, 4.69) is 46.7 Å². The maximum Gasteiger partial charge on any atom is 0.210 e. The Hall–Kier alpha value is -1.56. The third-order valence-electron chi connectivity index (χ3n) is 2.98. The molecule has 112 valence electrons. The Labute approximate surface area is 142 Å². The second kappa shape index (κ2) is 7.13. The number of rotatable bonds is 5. The van der Waals surface area contributed by atoms with Gasteiger partial charge in [0.1, 0.15) is 0 Å². The molecular weight excluding hydrogens is 334 g/mol. The minimum atomic E-state index is 0.720. The molecule has 0 fully saturated rings. The zero-order valence-electron chi connectivity index (χ0n) is 11.9. The first-order valence-corrected chi connectivity index (χ1v) is 8.91. The zero-order valence-corrected chi connectivity index (χ0v) is 14.3. The molecule has 0 aliphatic carbocycles. The minimum absolute atomic E-state index is 0.720. The van der Waals surface area contributed by atoms with Crippen molar-refractivity contribution in [1.29, 1.82) is 0 Å². The zero-order chi connectivity index (χ0) is 15.4. The molecule has 0 spiro atoms. The van der Waals surface area contributed by atoms with Crippen LogP contribution in [0.25, 0.3) is 0 Å². The standard InChI is InChI=1S/C16H14ClN3S2/c1-11-2-4-12(5-3-11)10-21-16-20-19-15(22-16)18-14-8-6-13(17)7-9-14/h2-9H,10H2,1H3,(H,18,19). The van der Waals surface area contributed by atoms with Gasteiger partial charge in [0.25, 0.3) is 0 Å². The molecule has 3 nitrogen and oxygen atoms in total. The Kier molecular flexibility index (Phi) is 4.97. The van der Waals surface area contributed by atoms with Crippen molar-refractivity contribution in [3.8, 4) is 0 Å². The number of hydrogen-bond acceptors (Lipinski definition) is 5. The van der Waals surface area contributed by atoms with Crippen LogP contribution < -0.4 is 5.32 Å². The Balaban J connectivity index is 1.59. The van der Waals surface area contributed by atoms with Crippen LogP contribution in [-0.4, -0.2) is 10.2 Å². The van der Waals surface area contributed by atoms with E-state index in [-0.39, 0.29) is 0 Å². The second-order valence-corrected chi connectivity index (χ2v) is 7.42. The van der Waals surface area contributed by atoms with Gasteiger partial charge in [0.05, 0.1) is 0 Å². The van der Waals surface area contributed by atoms with E-state index >= 15 is 0 Å². The van der Waals surface area contributed by atoms with Crippen LogP contribution in [-0.2, 0) is 5.75 Å². The minimum Gasteiger partial charge on any atom is -0.330 e. The lowest BCUT2D eigenvalue weighted by Crippen LogP contribution is -1.88. The lowest BCUT2D eigenvalue weighted by atomic mass is 10.2. The molecule has 0 saturated carbocycles. The number of nitrogens with one attached hydrogen (secondary N) is 1. The highest BCUT2D eigenvalue weighted by molar-refractivity contribution is 8.00. The van der Waals surface area contributed by atoms with E-state index in [0.29, 0.717) is 0 Å². The highest BCUT2D eigenvalue weighted by atomic mass is 35.5. The summed E-state index contributed by atoms with van der Waals surface area (Å²) in [6.07, 6.45) is 0. The molecule has 0 aliphatic heterocycles. The molecule has 1 aromatic heterocycles. The van der Waals surface area contributed by atoms with Crippen molar-refractivity contribution >= 4 is 45.5 Å². The number of thioether (sulfide) groups is 1. The van der Waals surface area contributed by atoms with Crippen LogP contribution in [0.2, 0.25) is 5.02 Å². The number of halogens is 1. The Bertz CT molecular complexity index is 739. The van der Waals surface area contributed by atoms with Gasteiger partial charge in [-0.2, -0.15) is 0 Å². The molecule has 0 amide bonds. The van der Waals surface area contributed by atoms with Crippen LogP contribution in [0.15, 0.2) is 52.9 Å². The summed E-state index contributed by atoms with van der Waals surface area (Å²) < 4.78 is 0.956. The molecule has 3 aromatic rings. The van der Waals surface area contributed by atoms with Crippen LogP contribution in [0, 0.1) is 6.92 Å². The molecule has 2 aromatic carbocycles. The average molecular weight is 348 g/mol. The third-order valence-corrected chi connectivity index (χ3v) is 5.28. The van der Waals surface area contributed by atoms with Gasteiger partial charge in [-0.15, -0.1) is 10.2 Å². The second-order valence-electron chi connectivity index (χ2n) is 4.78. The van der Waals surface area contributed by atoms with E-state index < -0.39 is 0 Å². The summed E-state index contributed by atoms with van der Waals surface area (Å²) in [4.78, 5) is 0. The number of aromatic nitrogens is 2. The van der Waals surface area contributed by atoms with Crippen LogP contribution in [0.3, 0.4) is 0 Å². The van der Waals surface area contributed by atoms with Crippen molar-refractivity contribution < 1.29 is 0 Å². The van der Waals surface area contributed by atoms with Gasteiger partial charge in [-0.1, -0.05) is 64.5 Å². The van der Waals surface area contributed by atoms with Gasteiger partial charge < -0.3 is 5.32 Å². The molecule has 22 heavy (non-hydrogen) atoms. The van der Waals surface area contributed by atoms with E-state index in [4.69, 9.17) is 11.6 Å². The van der Waals surface area contributed by atoms with Crippen molar-refractivity contribution in [2.45, 2.75) is 17.0 Å². The lowest BCUT2D eigenvalue weighted by Gasteiger charge is -2.01. The maximum atomic E-state index is 5.87. The quantitative estimate of drug-likeness (QED) is 0.615. The molecule has 3 rings (SSSR count). The number of aryl methyl sites for hydroxylation is 1. The maximum absolute atomic E-state index is 5.87. The normalized spacial score (nSPS) is 10.6. The van der Waals surface area contributed by atoms with Crippen molar-refractivity contribution in [1.82, 2.24) is 10.2 Å². The van der Waals surface area contributed by atoms with Gasteiger partial charge in [-0.3, -0.25) is 0 Å². The van der Waals surface area contributed by atoms with Crippen molar-refractivity contribution in [2.75, 3.05) is 5.32 Å². The van der Waals surface area contributed by atoms with Gasteiger partial charge in [-0.25, -0.2) is 0 Å². The summed E-state index contributed by atoms with van der Waals surface area (Å²) in [5.74, 6) is 0.899. The highest BCUT2D eigenvalue weighted by Crippen LogP contribution is 2.30. The van der Waals surface area contributed by atoms with Gasteiger partial charge in [0.2, 0.25) is 5.13 Å². The fourth-order valence-electron chi connectivity index (χ4n) is 1.80.